The third-order valence-corrected chi connectivity index (χ3v) is 1.30. The molecule has 2 N–H and O–H groups in total. The Morgan fingerprint density at radius 2 is 2.40 bits per heavy atom. The Morgan fingerprint density at radius 3 is 2.90 bits per heavy atom. The third-order valence-electron chi connectivity index (χ3n) is 0.999. The van der Waals surface area contributed by atoms with Crippen LogP contribution in [0.4, 0.5) is 5.82 Å². The maximum Gasteiger partial charge on any atom is 0.142 e. The van der Waals surface area contributed by atoms with E-state index in [1.807, 2.05) is 6.07 Å². The second-order valence-electron chi connectivity index (χ2n) is 1.70. The first-order valence-corrected chi connectivity index (χ1v) is 2.93. The summed E-state index contributed by atoms with van der Waals surface area (Å²) in [6.45, 7) is 0. The molecule has 1 aromatic rings. The molecule has 1 aromatic heterocycles. The van der Waals surface area contributed by atoms with Gasteiger partial charge in [0.2, 0.25) is 0 Å². The topological polar surface area (TPSA) is 62.7 Å². The quantitative estimate of drug-likeness (QED) is 0.609. The molecule has 0 aliphatic heterocycles. The van der Waals surface area contributed by atoms with E-state index in [9.17, 15) is 0 Å². The van der Waals surface area contributed by atoms with Crippen LogP contribution in [-0.4, -0.2) is 4.98 Å². The van der Waals surface area contributed by atoms with Crippen molar-refractivity contribution in [2.45, 2.75) is 0 Å². The summed E-state index contributed by atoms with van der Waals surface area (Å²) in [7, 11) is 0. The number of hydrogen-bond donors (Lipinski definition) is 1. The Labute approximate surface area is 63.1 Å². The molecule has 0 unspecified atom stereocenters. The maximum absolute atomic E-state index is 8.36. The Morgan fingerprint density at radius 1 is 1.70 bits per heavy atom. The van der Waals surface area contributed by atoms with E-state index in [0.717, 1.165) is 0 Å². The fourth-order valence-electron chi connectivity index (χ4n) is 0.510. The van der Waals surface area contributed by atoms with Crippen LogP contribution < -0.4 is 5.73 Å². The largest absolute Gasteiger partial charge is 0.382 e. The third kappa shape index (κ3) is 1.17. The van der Waals surface area contributed by atoms with Crippen molar-refractivity contribution in [1.29, 1.82) is 5.26 Å². The molecule has 0 aliphatic rings. The molecule has 1 heterocycles. The van der Waals surface area contributed by atoms with E-state index >= 15 is 0 Å². The number of aromatic nitrogens is 1. The lowest BCUT2D eigenvalue weighted by Crippen LogP contribution is -1.90. The Hall–Kier alpha value is -1.27. The number of anilines is 1. The summed E-state index contributed by atoms with van der Waals surface area (Å²) in [5.74, 6) is 0.251. The van der Waals surface area contributed by atoms with Gasteiger partial charge >= 0.3 is 0 Å². The first-order chi connectivity index (χ1) is 4.74. The van der Waals surface area contributed by atoms with Gasteiger partial charge in [-0.15, -0.1) is 0 Å². The van der Waals surface area contributed by atoms with Crippen molar-refractivity contribution in [3.63, 3.8) is 0 Å². The molecule has 0 spiro atoms. The highest BCUT2D eigenvalue weighted by atomic mass is 35.5. The summed E-state index contributed by atoms with van der Waals surface area (Å²) in [5.41, 5.74) is 5.71. The molecule has 0 saturated heterocycles. The van der Waals surface area contributed by atoms with Crippen molar-refractivity contribution < 1.29 is 0 Å². The first kappa shape index (κ1) is 6.84. The molecule has 1 rings (SSSR count). The highest BCUT2D eigenvalue weighted by Gasteiger charge is 1.96. The van der Waals surface area contributed by atoms with Crippen molar-refractivity contribution in [3.8, 4) is 6.07 Å². The summed E-state index contributed by atoms with van der Waals surface area (Å²) in [6.07, 6.45) is 1.38. The number of nitrogen functional groups attached to an aromatic ring is 1. The molecule has 0 amide bonds. The number of pyridine rings is 1. The average Bonchev–Trinajstić information content (AvgIpc) is 1.95. The molecular formula is C6H4ClN3. The maximum atomic E-state index is 8.36. The monoisotopic (exact) mass is 153 g/mol. The van der Waals surface area contributed by atoms with Gasteiger partial charge in [-0.05, 0) is 6.07 Å². The van der Waals surface area contributed by atoms with Gasteiger partial charge in [0.1, 0.15) is 11.9 Å². The molecule has 0 atom stereocenters. The number of hydrogen-bond acceptors (Lipinski definition) is 3. The molecule has 0 saturated carbocycles. The molecule has 50 valence electrons. The van der Waals surface area contributed by atoms with Crippen LogP contribution in [0.3, 0.4) is 0 Å². The van der Waals surface area contributed by atoms with Gasteiger partial charge in [-0.1, -0.05) is 11.6 Å². The van der Waals surface area contributed by atoms with Crippen LogP contribution in [0.5, 0.6) is 0 Å². The van der Waals surface area contributed by atoms with Gasteiger partial charge in [-0.25, -0.2) is 4.98 Å². The highest BCUT2D eigenvalue weighted by Crippen LogP contribution is 2.15. The van der Waals surface area contributed by atoms with Crippen molar-refractivity contribution in [2.75, 3.05) is 5.73 Å². The van der Waals surface area contributed by atoms with Gasteiger partial charge in [0, 0.05) is 6.20 Å². The normalized spacial score (nSPS) is 8.80. The molecule has 10 heavy (non-hydrogen) atoms. The van der Waals surface area contributed by atoms with E-state index in [1.54, 1.807) is 0 Å². The van der Waals surface area contributed by atoms with Crippen LogP contribution in [0.1, 0.15) is 5.56 Å². The lowest BCUT2D eigenvalue weighted by molar-refractivity contribution is 1.31. The summed E-state index contributed by atoms with van der Waals surface area (Å²) in [4.78, 5) is 3.67. The predicted octanol–water partition coefficient (Wildman–Crippen LogP) is 1.19. The molecule has 0 bridgehead atoms. The van der Waals surface area contributed by atoms with Gasteiger partial charge in [-0.3, -0.25) is 0 Å². The van der Waals surface area contributed by atoms with Crippen molar-refractivity contribution in [3.05, 3.63) is 22.8 Å². The van der Waals surface area contributed by atoms with Crippen molar-refractivity contribution in [2.24, 2.45) is 0 Å². The molecule has 0 fully saturated rings. The SMILES string of the molecule is N#Cc1cnc(N)c(Cl)c1. The number of nitriles is 1. The lowest BCUT2D eigenvalue weighted by atomic mass is 10.3. The second kappa shape index (κ2) is 2.54. The zero-order valence-corrected chi connectivity index (χ0v) is 5.76. The molecule has 3 nitrogen and oxygen atoms in total. The van der Waals surface area contributed by atoms with Gasteiger partial charge in [0.05, 0.1) is 10.6 Å². The molecular weight excluding hydrogens is 150 g/mol. The predicted molar refractivity (Wildman–Crippen MR) is 38.4 cm³/mol. The lowest BCUT2D eigenvalue weighted by Gasteiger charge is -1.93. The summed E-state index contributed by atoms with van der Waals surface area (Å²) >= 11 is 5.55. The van der Waals surface area contributed by atoms with Gasteiger partial charge in [-0.2, -0.15) is 5.26 Å². The summed E-state index contributed by atoms with van der Waals surface area (Å²) in [5, 5.41) is 8.68. The zero-order valence-electron chi connectivity index (χ0n) is 5.00. The van der Waals surface area contributed by atoms with E-state index in [0.29, 0.717) is 10.6 Å². The fourth-order valence-corrected chi connectivity index (χ4v) is 0.676. The van der Waals surface area contributed by atoms with Gasteiger partial charge in [0.25, 0.3) is 0 Å². The van der Waals surface area contributed by atoms with Crippen LogP contribution in [-0.2, 0) is 0 Å². The Kier molecular flexibility index (Phi) is 1.74. The number of rotatable bonds is 0. The Balaban J connectivity index is 3.20. The summed E-state index contributed by atoms with van der Waals surface area (Å²) < 4.78 is 0. The van der Waals surface area contributed by atoms with E-state index in [1.165, 1.54) is 12.3 Å². The highest BCUT2D eigenvalue weighted by molar-refractivity contribution is 6.32. The zero-order chi connectivity index (χ0) is 7.56. The molecule has 0 radical (unpaired) electrons. The van der Waals surface area contributed by atoms with Crippen LogP contribution in [0, 0.1) is 11.3 Å². The van der Waals surface area contributed by atoms with E-state index in [2.05, 4.69) is 4.98 Å². The molecule has 0 aliphatic carbocycles. The van der Waals surface area contributed by atoms with Crippen LogP contribution in [0.15, 0.2) is 12.3 Å². The second-order valence-corrected chi connectivity index (χ2v) is 2.11. The number of halogens is 1. The molecule has 0 aromatic carbocycles. The minimum absolute atomic E-state index is 0.251. The first-order valence-electron chi connectivity index (χ1n) is 2.55. The van der Waals surface area contributed by atoms with Crippen LogP contribution in [0.25, 0.3) is 0 Å². The number of nitrogens with zero attached hydrogens (tertiary/aromatic N) is 2. The number of nitrogens with two attached hydrogens (primary N) is 1. The minimum atomic E-state index is 0.251. The van der Waals surface area contributed by atoms with Crippen molar-refractivity contribution in [1.82, 2.24) is 4.98 Å². The van der Waals surface area contributed by atoms with E-state index < -0.39 is 0 Å². The van der Waals surface area contributed by atoms with E-state index in [4.69, 9.17) is 22.6 Å². The van der Waals surface area contributed by atoms with Gasteiger partial charge < -0.3 is 5.73 Å². The van der Waals surface area contributed by atoms with E-state index in [-0.39, 0.29) is 5.82 Å². The van der Waals surface area contributed by atoms with Crippen LogP contribution in [0.2, 0.25) is 5.02 Å². The summed E-state index contributed by atoms with van der Waals surface area (Å²) in [6, 6.07) is 3.37. The van der Waals surface area contributed by atoms with Crippen LogP contribution >= 0.6 is 11.6 Å². The van der Waals surface area contributed by atoms with Gasteiger partial charge in [0.15, 0.2) is 0 Å². The minimum Gasteiger partial charge on any atom is -0.382 e. The van der Waals surface area contributed by atoms with Crippen molar-refractivity contribution >= 4 is 17.4 Å². The Bertz CT molecular complexity index is 290. The molecule has 4 heteroatoms. The average molecular weight is 154 g/mol. The standard InChI is InChI=1S/C6H4ClN3/c7-5-1-4(2-8)3-10-6(5)9/h1,3H,(H2,9,10). The fraction of sp³-hybridized carbons (Fsp3) is 0. The smallest absolute Gasteiger partial charge is 0.142 e.